The maximum atomic E-state index is 10.5. The number of hydrazine groups is 1. The van der Waals surface area contributed by atoms with Crippen LogP contribution in [0.2, 0.25) is 0 Å². The molecule has 24 heavy (non-hydrogen) atoms. The molecule has 0 spiro atoms. The van der Waals surface area contributed by atoms with E-state index >= 15 is 0 Å². The van der Waals surface area contributed by atoms with E-state index in [4.69, 9.17) is 17.3 Å². The lowest BCUT2D eigenvalue weighted by atomic mass is 10.1. The molecule has 17 heteroatoms. The van der Waals surface area contributed by atoms with E-state index in [1.54, 1.807) is 0 Å². The highest BCUT2D eigenvalue weighted by molar-refractivity contribution is 5.87. The SMILES string of the molecule is NN=C(N)NN.Nc1c([N+](=O)[O-])c(O)c([N+](=O)[O-])c(O)c1[N+](=O)[O-]. The smallest absolute Gasteiger partial charge is 0.366 e. The van der Waals surface area contributed by atoms with Crippen molar-refractivity contribution in [1.29, 1.82) is 0 Å². The Morgan fingerprint density at radius 3 is 1.46 bits per heavy atom. The molecular weight excluding hydrogens is 338 g/mol. The zero-order valence-corrected chi connectivity index (χ0v) is 11.4. The third-order valence-corrected chi connectivity index (χ3v) is 2.24. The number of nitrogens with two attached hydrogens (primary N) is 4. The molecule has 0 aromatic heterocycles. The predicted molar refractivity (Wildman–Crippen MR) is 77.3 cm³/mol. The van der Waals surface area contributed by atoms with Crippen molar-refractivity contribution in [3.63, 3.8) is 0 Å². The lowest BCUT2D eigenvalue weighted by Gasteiger charge is -2.04. The lowest BCUT2D eigenvalue weighted by Crippen LogP contribution is -2.37. The highest BCUT2D eigenvalue weighted by Gasteiger charge is 2.41. The summed E-state index contributed by atoms with van der Waals surface area (Å²) in [4.78, 5) is 27.5. The largest absolute Gasteiger partial charge is 0.497 e. The Morgan fingerprint density at radius 2 is 1.29 bits per heavy atom. The number of hydrogen-bond acceptors (Lipinski definition) is 12. The number of benzene rings is 1. The number of nitrogens with one attached hydrogen (secondary N) is 1. The van der Waals surface area contributed by atoms with Gasteiger partial charge in [-0.2, -0.15) is 0 Å². The van der Waals surface area contributed by atoms with Crippen LogP contribution >= 0.6 is 0 Å². The van der Waals surface area contributed by atoms with Gasteiger partial charge in [0, 0.05) is 0 Å². The van der Waals surface area contributed by atoms with Crippen LogP contribution in [0, 0.1) is 30.3 Å². The average Bonchev–Trinajstić information content (AvgIpc) is 2.45. The minimum Gasteiger partial charge on any atom is -0.497 e. The second kappa shape index (κ2) is 7.74. The van der Waals surface area contributed by atoms with Gasteiger partial charge in [0.2, 0.25) is 5.96 Å². The molecule has 0 aliphatic heterocycles. The first kappa shape index (κ1) is 19.9. The van der Waals surface area contributed by atoms with E-state index in [0.717, 1.165) is 0 Å². The normalized spacial score (nSPS) is 10.3. The second-order valence-electron chi connectivity index (χ2n) is 3.59. The molecule has 0 fully saturated rings. The summed E-state index contributed by atoms with van der Waals surface area (Å²) in [5.41, 5.74) is 6.36. The lowest BCUT2D eigenvalue weighted by molar-refractivity contribution is -0.404. The average molecular weight is 349 g/mol. The molecule has 0 heterocycles. The summed E-state index contributed by atoms with van der Waals surface area (Å²) in [7, 11) is 0. The fourth-order valence-corrected chi connectivity index (χ4v) is 1.28. The third kappa shape index (κ3) is 3.94. The minimum atomic E-state index is -1.55. The standard InChI is InChI=1S/C6H4N4O8.CH7N5/c7-1-2(8(13)14)5(11)4(10(17)18)6(12)3(1)9(15)16;2-1(5-3)6-4/h11-12H,7H2;3-4H2,(H3,2,5,6). The van der Waals surface area contributed by atoms with Crippen molar-refractivity contribution in [3.8, 4) is 11.5 Å². The molecule has 1 rings (SSSR count). The zero-order valence-electron chi connectivity index (χ0n) is 11.4. The van der Waals surface area contributed by atoms with Gasteiger partial charge < -0.3 is 27.5 Å². The molecule has 0 saturated carbocycles. The van der Waals surface area contributed by atoms with Crippen molar-refractivity contribution in [1.82, 2.24) is 5.43 Å². The number of nitrogen functional groups attached to an aromatic ring is 1. The van der Waals surface area contributed by atoms with Crippen molar-refractivity contribution in [2.75, 3.05) is 5.73 Å². The highest BCUT2D eigenvalue weighted by Crippen LogP contribution is 2.52. The molecule has 1 aromatic carbocycles. The zero-order chi connectivity index (χ0) is 19.2. The highest BCUT2D eigenvalue weighted by atomic mass is 16.6. The van der Waals surface area contributed by atoms with E-state index in [9.17, 15) is 40.6 Å². The maximum Gasteiger partial charge on any atom is 0.366 e. The number of guanidine groups is 1. The van der Waals surface area contributed by atoms with Crippen LogP contribution < -0.4 is 28.6 Å². The van der Waals surface area contributed by atoms with Crippen LogP contribution in [0.4, 0.5) is 22.7 Å². The number of hydrogen-bond donors (Lipinski definition) is 7. The van der Waals surface area contributed by atoms with Crippen molar-refractivity contribution in [3.05, 3.63) is 30.3 Å². The number of nitro benzene ring substituents is 3. The molecule has 0 radical (unpaired) electrons. The molecular formula is C7H11N9O8. The van der Waals surface area contributed by atoms with Gasteiger partial charge in [0.1, 0.15) is 0 Å². The number of nitrogens with zero attached hydrogens (tertiary/aromatic N) is 4. The van der Waals surface area contributed by atoms with Gasteiger partial charge in [0.25, 0.3) is 11.5 Å². The quantitative estimate of drug-likeness (QED) is 0.0779. The van der Waals surface area contributed by atoms with Gasteiger partial charge in [-0.3, -0.25) is 35.8 Å². The Morgan fingerprint density at radius 1 is 0.958 bits per heavy atom. The van der Waals surface area contributed by atoms with Crippen molar-refractivity contribution < 1.29 is 25.0 Å². The first-order valence-corrected chi connectivity index (χ1v) is 5.31. The first-order chi connectivity index (χ1) is 11.0. The summed E-state index contributed by atoms with van der Waals surface area (Å²) in [6.45, 7) is 0. The Kier molecular flexibility index (Phi) is 6.40. The van der Waals surface area contributed by atoms with Crippen LogP contribution in [0.25, 0.3) is 0 Å². The molecule has 0 atom stereocenters. The van der Waals surface area contributed by atoms with E-state index in [0.29, 0.717) is 0 Å². The van der Waals surface area contributed by atoms with Gasteiger partial charge in [-0.05, 0) is 0 Å². The summed E-state index contributed by atoms with van der Waals surface area (Å²) in [6.07, 6.45) is 0. The van der Waals surface area contributed by atoms with Crippen LogP contribution in [0.15, 0.2) is 5.10 Å². The molecule has 132 valence electrons. The van der Waals surface area contributed by atoms with Crippen LogP contribution in [-0.2, 0) is 0 Å². The Bertz CT molecular complexity index is 614. The van der Waals surface area contributed by atoms with Crippen molar-refractivity contribution >= 4 is 28.7 Å². The molecule has 1 aromatic rings. The molecule has 0 aliphatic carbocycles. The Hall–Kier alpha value is -4.15. The molecule has 0 saturated heterocycles. The van der Waals surface area contributed by atoms with Crippen LogP contribution in [0.5, 0.6) is 11.5 Å². The van der Waals surface area contributed by atoms with Crippen LogP contribution in [0.1, 0.15) is 0 Å². The van der Waals surface area contributed by atoms with E-state index in [-0.39, 0.29) is 5.96 Å². The predicted octanol–water partition coefficient (Wildman–Crippen LogP) is -1.96. The van der Waals surface area contributed by atoms with Crippen LogP contribution in [-0.4, -0.2) is 30.9 Å². The van der Waals surface area contributed by atoms with E-state index < -0.39 is 49.0 Å². The van der Waals surface area contributed by atoms with E-state index in [1.165, 1.54) is 0 Å². The topological polar surface area (TPSA) is 298 Å². The van der Waals surface area contributed by atoms with Crippen LogP contribution in [0.3, 0.4) is 0 Å². The molecule has 0 unspecified atom stereocenters. The number of hydrazone groups is 1. The number of phenols is 2. The number of anilines is 1. The summed E-state index contributed by atoms with van der Waals surface area (Å²) in [5, 5.41) is 53.1. The molecule has 11 N–H and O–H groups in total. The second-order valence-corrected chi connectivity index (χ2v) is 3.59. The first-order valence-electron chi connectivity index (χ1n) is 5.31. The Balaban J connectivity index is 0.000000754. The van der Waals surface area contributed by atoms with E-state index in [2.05, 4.69) is 10.9 Å². The Labute approximate surface area is 130 Å². The van der Waals surface area contributed by atoms with E-state index in [1.807, 2.05) is 5.43 Å². The van der Waals surface area contributed by atoms with Gasteiger partial charge in [-0.25, -0.2) is 5.84 Å². The molecule has 0 amide bonds. The van der Waals surface area contributed by atoms with Gasteiger partial charge in [-0.1, -0.05) is 0 Å². The van der Waals surface area contributed by atoms with Gasteiger partial charge >= 0.3 is 17.1 Å². The third-order valence-electron chi connectivity index (χ3n) is 2.24. The minimum absolute atomic E-state index is 0.0231. The number of nitro groups is 3. The summed E-state index contributed by atoms with van der Waals surface area (Å²) in [6, 6.07) is 0. The van der Waals surface area contributed by atoms with Gasteiger partial charge in [0.15, 0.2) is 5.69 Å². The summed E-state index contributed by atoms with van der Waals surface area (Å²) >= 11 is 0. The number of phenolic OH excluding ortho intramolecular Hbond substituents is 2. The molecule has 0 aliphatic rings. The number of aromatic hydroxyl groups is 2. The molecule has 0 bridgehead atoms. The summed E-state index contributed by atoms with van der Waals surface area (Å²) in [5.74, 6) is 6.22. The van der Waals surface area contributed by atoms with Gasteiger partial charge in [-0.15, -0.1) is 5.10 Å². The van der Waals surface area contributed by atoms with Crippen molar-refractivity contribution in [2.24, 2.45) is 22.5 Å². The monoisotopic (exact) mass is 349 g/mol. The van der Waals surface area contributed by atoms with Gasteiger partial charge in [0.05, 0.1) is 14.8 Å². The fourth-order valence-electron chi connectivity index (χ4n) is 1.28. The van der Waals surface area contributed by atoms with Crippen molar-refractivity contribution in [2.45, 2.75) is 0 Å². The fraction of sp³-hybridized carbons (Fsp3) is 0. The number of rotatable bonds is 3. The maximum absolute atomic E-state index is 10.5. The molecule has 17 nitrogen and oxygen atoms in total. The summed E-state index contributed by atoms with van der Waals surface area (Å²) < 4.78 is 0.